The van der Waals surface area contributed by atoms with Gasteiger partial charge in [0.05, 0.1) is 38.6 Å². The lowest BCUT2D eigenvalue weighted by Crippen LogP contribution is -2.12. The van der Waals surface area contributed by atoms with Gasteiger partial charge in [0.15, 0.2) is 23.1 Å². The molecule has 378 valence electrons. The molecule has 6 heterocycles. The summed E-state index contributed by atoms with van der Waals surface area (Å²) >= 11 is 18.3. The van der Waals surface area contributed by atoms with Gasteiger partial charge in [-0.3, -0.25) is 49.1 Å². The van der Waals surface area contributed by atoms with Crippen LogP contribution < -0.4 is 0 Å². The summed E-state index contributed by atoms with van der Waals surface area (Å²) < 4.78 is 0. The highest BCUT2D eigenvalue weighted by molar-refractivity contribution is 6.36. The fourth-order valence-corrected chi connectivity index (χ4v) is 7.53. The van der Waals surface area contributed by atoms with Crippen LogP contribution in [0.25, 0.3) is 23.7 Å². The van der Waals surface area contributed by atoms with Crippen molar-refractivity contribution in [3.05, 3.63) is 284 Å². The molecule has 0 aliphatic rings. The minimum atomic E-state index is -0.248. The zero-order chi connectivity index (χ0) is 50.8. The molecule has 0 fully saturated rings. The van der Waals surface area contributed by atoms with Gasteiger partial charge in [0, 0.05) is 118 Å². The number of aliphatic hydroxyl groups excluding tert-OH is 2. The number of ketones is 4. The van der Waals surface area contributed by atoms with Crippen LogP contribution in [0.15, 0.2) is 201 Å². The quantitative estimate of drug-likeness (QED) is 0.0823. The molecule has 15 heteroatoms. The second-order valence-corrected chi connectivity index (χ2v) is 16.4. The van der Waals surface area contributed by atoms with Gasteiger partial charge in [-0.15, -0.1) is 0 Å². The number of Topliss-reactive ketones (excluding diaryl/α,β-unsaturated/α-hetero) is 1. The van der Waals surface area contributed by atoms with Crippen LogP contribution in [-0.2, 0) is 6.42 Å². The zero-order valence-electron chi connectivity index (χ0n) is 37.8. The normalized spacial score (nSPS) is 10.5. The number of pyridine rings is 6. The number of benzene rings is 3. The first-order valence-corrected chi connectivity index (χ1v) is 22.9. The van der Waals surface area contributed by atoms with Crippen LogP contribution >= 0.6 is 34.8 Å². The Kier molecular flexibility index (Phi) is 22.7. The topological polar surface area (TPSA) is 186 Å². The zero-order valence-corrected chi connectivity index (χ0v) is 40.0. The Bertz CT molecular complexity index is 3280. The molecule has 0 aliphatic carbocycles. The molecule has 0 atom stereocenters. The SMILES string of the molecule is C.C.C.O=C(Cc1ncccc1C(=O)c1ccccc1Cl)c1ccncc1.O=C(c1ccccc1Cl)c1cccnc1/C=C(/O)c1ccncc1.O=C(c1ccccc1Cl)c1cccnc1/C=C(\O)c1ccncc1. The molecule has 0 unspecified atom stereocenters. The van der Waals surface area contributed by atoms with Crippen LogP contribution in [0.2, 0.25) is 15.1 Å². The molecule has 3 aromatic carbocycles. The predicted molar refractivity (Wildman–Crippen MR) is 299 cm³/mol. The highest BCUT2D eigenvalue weighted by atomic mass is 35.5. The van der Waals surface area contributed by atoms with E-state index in [1.165, 1.54) is 12.2 Å². The van der Waals surface area contributed by atoms with Gasteiger partial charge >= 0.3 is 0 Å². The maximum atomic E-state index is 12.8. The van der Waals surface area contributed by atoms with Crippen LogP contribution in [0.4, 0.5) is 0 Å². The number of aromatic nitrogens is 6. The third-order valence-corrected chi connectivity index (χ3v) is 11.5. The summed E-state index contributed by atoms with van der Waals surface area (Å²) in [7, 11) is 0. The van der Waals surface area contributed by atoms with E-state index in [1.54, 1.807) is 201 Å². The Labute approximate surface area is 450 Å². The summed E-state index contributed by atoms with van der Waals surface area (Å²) in [5, 5.41) is 21.6. The van der Waals surface area contributed by atoms with Crippen molar-refractivity contribution < 1.29 is 29.4 Å². The second kappa shape index (κ2) is 29.0. The largest absolute Gasteiger partial charge is 0.507 e. The third-order valence-electron chi connectivity index (χ3n) is 10.5. The van der Waals surface area contributed by atoms with Gasteiger partial charge in [0.1, 0.15) is 11.5 Å². The molecule has 9 rings (SSSR count). The summed E-state index contributed by atoms with van der Waals surface area (Å²) in [5.74, 6) is -0.853. The first kappa shape index (κ1) is 58.8. The summed E-state index contributed by atoms with van der Waals surface area (Å²) in [6.07, 6.45) is 17.1. The summed E-state index contributed by atoms with van der Waals surface area (Å²) in [6, 6.07) is 40.4. The Morgan fingerprint density at radius 3 is 1.05 bits per heavy atom. The number of hydrogen-bond acceptors (Lipinski definition) is 12. The molecule has 9 aromatic rings. The maximum absolute atomic E-state index is 12.8. The van der Waals surface area contributed by atoms with Crippen molar-refractivity contribution in [3.63, 3.8) is 0 Å². The molecule has 0 radical (unpaired) electrons. The average molecular weight is 1060 g/mol. The minimum absolute atomic E-state index is 0. The van der Waals surface area contributed by atoms with E-state index in [-0.39, 0.29) is 63.4 Å². The lowest BCUT2D eigenvalue weighted by molar-refractivity contribution is 0.0988. The minimum Gasteiger partial charge on any atom is -0.507 e. The van der Waals surface area contributed by atoms with Gasteiger partial charge in [-0.05, 0) is 109 Å². The van der Waals surface area contributed by atoms with Crippen molar-refractivity contribution in [1.29, 1.82) is 0 Å². The Hall–Kier alpha value is -8.81. The Morgan fingerprint density at radius 1 is 0.373 bits per heavy atom. The Balaban J connectivity index is 0.000000239. The number of hydrogen-bond donors (Lipinski definition) is 2. The van der Waals surface area contributed by atoms with Crippen molar-refractivity contribution >= 4 is 81.6 Å². The van der Waals surface area contributed by atoms with Crippen LogP contribution in [0, 0.1) is 0 Å². The number of aliphatic hydroxyl groups is 2. The molecule has 0 amide bonds. The van der Waals surface area contributed by atoms with E-state index < -0.39 is 0 Å². The second-order valence-electron chi connectivity index (χ2n) is 15.2. The van der Waals surface area contributed by atoms with E-state index in [2.05, 4.69) is 29.9 Å². The average Bonchev–Trinajstić information content (AvgIpc) is 3.42. The summed E-state index contributed by atoms with van der Waals surface area (Å²) in [6.45, 7) is 0. The van der Waals surface area contributed by atoms with E-state index >= 15 is 0 Å². The van der Waals surface area contributed by atoms with Gasteiger partial charge in [-0.2, -0.15) is 0 Å². The molecule has 0 spiro atoms. The van der Waals surface area contributed by atoms with E-state index in [0.717, 1.165) is 0 Å². The predicted octanol–water partition coefficient (Wildman–Crippen LogP) is 14.5. The number of carbonyl (C=O) groups excluding carboxylic acids is 4. The molecule has 12 nitrogen and oxygen atoms in total. The Morgan fingerprint density at radius 2 is 0.680 bits per heavy atom. The lowest BCUT2D eigenvalue weighted by atomic mass is 9.98. The van der Waals surface area contributed by atoms with Gasteiger partial charge in [-0.25, -0.2) is 0 Å². The summed E-state index contributed by atoms with van der Waals surface area (Å²) in [4.78, 5) is 75.0. The van der Waals surface area contributed by atoms with Crippen LogP contribution in [0.5, 0.6) is 0 Å². The number of halogens is 3. The van der Waals surface area contributed by atoms with Gasteiger partial charge in [-0.1, -0.05) is 93.5 Å². The molecule has 0 saturated carbocycles. The van der Waals surface area contributed by atoms with E-state index in [4.69, 9.17) is 34.8 Å². The fourth-order valence-electron chi connectivity index (χ4n) is 6.87. The number of rotatable bonds is 13. The maximum Gasteiger partial charge on any atom is 0.196 e. The highest BCUT2D eigenvalue weighted by Gasteiger charge is 2.20. The van der Waals surface area contributed by atoms with Crippen molar-refractivity contribution in [2.75, 3.05) is 0 Å². The fraction of sp³-hybridized carbons (Fsp3) is 0.0667. The van der Waals surface area contributed by atoms with E-state index in [1.807, 2.05) is 0 Å². The van der Waals surface area contributed by atoms with Crippen molar-refractivity contribution in [3.8, 4) is 0 Å². The standard InChI is InChI=1S/3C19H13ClN2O2.3CH4/c3*20-16-6-2-1-4-14(16)19(24)15-5-3-9-22-17(15)12-18(23)13-7-10-21-11-8-13;;;/h1-11H,12H2;2*1-12,23H;3*1H4/b;18-12+;18-12-;;;. The first-order chi connectivity index (χ1) is 35.0. The van der Waals surface area contributed by atoms with E-state index in [9.17, 15) is 29.4 Å². The van der Waals surface area contributed by atoms with Crippen LogP contribution in [0.1, 0.15) is 109 Å². The lowest BCUT2D eigenvalue weighted by Gasteiger charge is -2.08. The van der Waals surface area contributed by atoms with Crippen molar-refractivity contribution in [1.82, 2.24) is 29.9 Å². The first-order valence-electron chi connectivity index (χ1n) is 21.8. The van der Waals surface area contributed by atoms with Gasteiger partial charge in [0.25, 0.3) is 0 Å². The molecule has 0 bridgehead atoms. The van der Waals surface area contributed by atoms with E-state index in [0.29, 0.717) is 82.2 Å². The summed E-state index contributed by atoms with van der Waals surface area (Å²) in [5.41, 5.74) is 5.19. The number of nitrogens with zero attached hydrogens (tertiary/aromatic N) is 6. The highest BCUT2D eigenvalue weighted by Crippen LogP contribution is 2.26. The van der Waals surface area contributed by atoms with Crippen LogP contribution in [0.3, 0.4) is 0 Å². The van der Waals surface area contributed by atoms with Crippen molar-refractivity contribution in [2.45, 2.75) is 28.7 Å². The molecule has 75 heavy (non-hydrogen) atoms. The molecular weight excluding hydrogens is 1010 g/mol. The van der Waals surface area contributed by atoms with Crippen LogP contribution in [-0.4, -0.2) is 63.2 Å². The molecule has 6 aromatic heterocycles. The molecule has 0 aliphatic heterocycles. The third kappa shape index (κ3) is 15.6. The molecule has 2 N–H and O–H groups in total. The van der Waals surface area contributed by atoms with Gasteiger partial charge < -0.3 is 10.2 Å². The molecular formula is C60H51Cl3N6O6. The smallest absolute Gasteiger partial charge is 0.196 e. The monoisotopic (exact) mass is 1060 g/mol. The van der Waals surface area contributed by atoms with Gasteiger partial charge in [0.2, 0.25) is 0 Å². The van der Waals surface area contributed by atoms with Crippen molar-refractivity contribution in [2.24, 2.45) is 0 Å². The molecule has 0 saturated heterocycles. The number of carbonyl (C=O) groups is 4.